The van der Waals surface area contributed by atoms with Crippen LogP contribution in [0.3, 0.4) is 0 Å². The fourth-order valence-corrected chi connectivity index (χ4v) is 2.59. The maximum atomic E-state index is 11.2. The Morgan fingerprint density at radius 2 is 2.17 bits per heavy atom. The minimum Gasteiger partial charge on any atom is -0.497 e. The van der Waals surface area contributed by atoms with E-state index in [-0.39, 0.29) is 11.8 Å². The number of benzene rings is 1. The lowest BCUT2D eigenvalue weighted by molar-refractivity contribution is -0.921. The standard InChI is InChI=1S/C14H20N2O2/c1-18-13-6-4-11(5-7-13)9-16-8-2-3-12(10-16)14(15)17/h4-7,12H,2-3,8-10H2,1H3,(H2,15,17)/p+1/t12-/m1/s1. The van der Waals surface area contributed by atoms with Gasteiger partial charge in [0.15, 0.2) is 0 Å². The third kappa shape index (κ3) is 3.23. The first kappa shape index (κ1) is 12.9. The Morgan fingerprint density at radius 1 is 1.44 bits per heavy atom. The monoisotopic (exact) mass is 249 g/mol. The number of hydrogen-bond acceptors (Lipinski definition) is 2. The van der Waals surface area contributed by atoms with Crippen LogP contribution in [0.1, 0.15) is 18.4 Å². The summed E-state index contributed by atoms with van der Waals surface area (Å²) < 4.78 is 5.14. The molecule has 3 N–H and O–H groups in total. The molecule has 0 bridgehead atoms. The summed E-state index contributed by atoms with van der Waals surface area (Å²) in [6.07, 6.45) is 2.03. The van der Waals surface area contributed by atoms with Crippen LogP contribution in [0.5, 0.6) is 5.75 Å². The molecule has 1 aromatic carbocycles. The molecule has 4 heteroatoms. The van der Waals surface area contributed by atoms with Crippen molar-refractivity contribution in [3.05, 3.63) is 29.8 Å². The number of piperidine rings is 1. The molecule has 2 rings (SSSR count). The summed E-state index contributed by atoms with van der Waals surface area (Å²) in [5, 5.41) is 0. The quantitative estimate of drug-likeness (QED) is 0.787. The average Bonchev–Trinajstić information content (AvgIpc) is 2.40. The molecule has 1 aromatic rings. The van der Waals surface area contributed by atoms with E-state index in [1.54, 1.807) is 7.11 Å². The van der Waals surface area contributed by atoms with E-state index in [1.807, 2.05) is 12.1 Å². The van der Waals surface area contributed by atoms with Crippen LogP contribution in [0.4, 0.5) is 0 Å². The van der Waals surface area contributed by atoms with Gasteiger partial charge in [0, 0.05) is 5.56 Å². The molecule has 1 aliphatic rings. The molecule has 0 aromatic heterocycles. The van der Waals surface area contributed by atoms with Crippen molar-refractivity contribution in [1.29, 1.82) is 0 Å². The summed E-state index contributed by atoms with van der Waals surface area (Å²) >= 11 is 0. The highest BCUT2D eigenvalue weighted by molar-refractivity contribution is 5.76. The van der Waals surface area contributed by atoms with Gasteiger partial charge in [-0.2, -0.15) is 0 Å². The molecule has 2 atom stereocenters. The number of carbonyl (C=O) groups excluding carboxylic acids is 1. The summed E-state index contributed by atoms with van der Waals surface area (Å²) in [7, 11) is 1.67. The van der Waals surface area contributed by atoms with Crippen LogP contribution in [0.25, 0.3) is 0 Å². The van der Waals surface area contributed by atoms with Crippen molar-refractivity contribution in [1.82, 2.24) is 0 Å². The van der Waals surface area contributed by atoms with E-state index in [0.717, 1.165) is 38.2 Å². The van der Waals surface area contributed by atoms with Gasteiger partial charge in [-0.25, -0.2) is 0 Å². The number of primary amides is 1. The Hall–Kier alpha value is -1.55. The van der Waals surface area contributed by atoms with Gasteiger partial charge >= 0.3 is 0 Å². The second-order valence-corrected chi connectivity index (χ2v) is 4.97. The van der Waals surface area contributed by atoms with Crippen LogP contribution < -0.4 is 15.4 Å². The Kier molecular flexibility index (Phi) is 4.20. The summed E-state index contributed by atoms with van der Waals surface area (Å²) in [5.41, 5.74) is 6.67. The first-order valence-corrected chi connectivity index (χ1v) is 6.45. The van der Waals surface area contributed by atoms with Crippen LogP contribution in [0.2, 0.25) is 0 Å². The molecule has 0 radical (unpaired) electrons. The number of quaternary nitrogens is 1. The molecule has 1 unspecified atom stereocenters. The molecule has 0 spiro atoms. The molecule has 4 nitrogen and oxygen atoms in total. The minimum absolute atomic E-state index is 0.0481. The minimum atomic E-state index is -0.151. The van der Waals surface area contributed by atoms with Crippen LogP contribution >= 0.6 is 0 Å². The number of likely N-dealkylation sites (tertiary alicyclic amines) is 1. The van der Waals surface area contributed by atoms with Crippen molar-refractivity contribution < 1.29 is 14.4 Å². The van der Waals surface area contributed by atoms with Gasteiger partial charge in [0.05, 0.1) is 26.1 Å². The van der Waals surface area contributed by atoms with Gasteiger partial charge in [-0.05, 0) is 37.1 Å². The van der Waals surface area contributed by atoms with E-state index in [9.17, 15) is 4.79 Å². The first-order chi connectivity index (χ1) is 8.69. The smallest absolute Gasteiger partial charge is 0.226 e. The van der Waals surface area contributed by atoms with Gasteiger partial charge in [-0.3, -0.25) is 4.79 Å². The van der Waals surface area contributed by atoms with Crippen molar-refractivity contribution in [3.8, 4) is 5.75 Å². The molecule has 0 aliphatic carbocycles. The maximum absolute atomic E-state index is 11.2. The fourth-order valence-electron chi connectivity index (χ4n) is 2.59. The number of methoxy groups -OCH3 is 1. The summed E-state index contributed by atoms with van der Waals surface area (Å²) in [4.78, 5) is 12.7. The summed E-state index contributed by atoms with van der Waals surface area (Å²) in [6, 6.07) is 8.12. The molecular weight excluding hydrogens is 228 g/mol. The molecule has 1 fully saturated rings. The van der Waals surface area contributed by atoms with Crippen LogP contribution in [-0.4, -0.2) is 26.1 Å². The highest BCUT2D eigenvalue weighted by Gasteiger charge is 2.26. The zero-order valence-corrected chi connectivity index (χ0v) is 10.8. The van der Waals surface area contributed by atoms with Gasteiger partial charge in [-0.15, -0.1) is 0 Å². The Morgan fingerprint density at radius 3 is 2.78 bits per heavy atom. The number of amides is 1. The summed E-state index contributed by atoms with van der Waals surface area (Å²) in [6.45, 7) is 2.94. The van der Waals surface area contributed by atoms with Crippen LogP contribution in [-0.2, 0) is 11.3 Å². The van der Waals surface area contributed by atoms with E-state index in [1.165, 1.54) is 10.5 Å². The SMILES string of the molecule is COc1ccc(C[NH+]2CCC[C@@H](C(N)=O)C2)cc1. The van der Waals surface area contributed by atoms with E-state index in [2.05, 4.69) is 12.1 Å². The van der Waals surface area contributed by atoms with Crippen LogP contribution in [0.15, 0.2) is 24.3 Å². The average molecular weight is 249 g/mol. The zero-order chi connectivity index (χ0) is 13.0. The molecule has 98 valence electrons. The lowest BCUT2D eigenvalue weighted by atomic mass is 9.97. The largest absolute Gasteiger partial charge is 0.497 e. The van der Waals surface area contributed by atoms with Gasteiger partial charge in [0.2, 0.25) is 5.91 Å². The normalized spacial score (nSPS) is 23.6. The third-order valence-electron chi connectivity index (χ3n) is 3.63. The number of ether oxygens (including phenoxy) is 1. The molecule has 0 saturated carbocycles. The van der Waals surface area contributed by atoms with E-state index in [4.69, 9.17) is 10.5 Å². The maximum Gasteiger partial charge on any atom is 0.226 e. The Labute approximate surface area is 108 Å². The molecule has 1 amide bonds. The van der Waals surface area contributed by atoms with E-state index >= 15 is 0 Å². The number of carbonyl (C=O) groups is 1. The number of rotatable bonds is 4. The highest BCUT2D eigenvalue weighted by Crippen LogP contribution is 2.11. The van der Waals surface area contributed by atoms with Crippen molar-refractivity contribution >= 4 is 5.91 Å². The van der Waals surface area contributed by atoms with E-state index < -0.39 is 0 Å². The lowest BCUT2D eigenvalue weighted by Crippen LogP contribution is -3.12. The molecular formula is C14H21N2O2+. The summed E-state index contributed by atoms with van der Waals surface area (Å²) in [5.74, 6) is 0.774. The zero-order valence-electron chi connectivity index (χ0n) is 10.8. The number of nitrogens with one attached hydrogen (secondary N) is 1. The van der Waals surface area contributed by atoms with Crippen molar-refractivity contribution in [3.63, 3.8) is 0 Å². The van der Waals surface area contributed by atoms with Crippen LogP contribution in [0, 0.1) is 5.92 Å². The number of hydrogen-bond donors (Lipinski definition) is 2. The second kappa shape index (κ2) is 5.87. The topological polar surface area (TPSA) is 56.8 Å². The van der Waals surface area contributed by atoms with Gasteiger partial charge in [0.25, 0.3) is 0 Å². The van der Waals surface area contributed by atoms with Crippen molar-refractivity contribution in [2.45, 2.75) is 19.4 Å². The highest BCUT2D eigenvalue weighted by atomic mass is 16.5. The van der Waals surface area contributed by atoms with E-state index in [0.29, 0.717) is 0 Å². The molecule has 1 aliphatic heterocycles. The third-order valence-corrected chi connectivity index (χ3v) is 3.63. The van der Waals surface area contributed by atoms with Crippen molar-refractivity contribution in [2.24, 2.45) is 11.7 Å². The molecule has 18 heavy (non-hydrogen) atoms. The van der Waals surface area contributed by atoms with Crippen molar-refractivity contribution in [2.75, 3.05) is 20.2 Å². The molecule has 1 heterocycles. The van der Waals surface area contributed by atoms with Gasteiger partial charge in [-0.1, -0.05) is 0 Å². The predicted octanol–water partition coefficient (Wildman–Crippen LogP) is -0.0246. The Balaban J connectivity index is 1.93. The first-order valence-electron chi connectivity index (χ1n) is 6.45. The van der Waals surface area contributed by atoms with Gasteiger partial charge < -0.3 is 15.4 Å². The fraction of sp³-hybridized carbons (Fsp3) is 0.500. The second-order valence-electron chi connectivity index (χ2n) is 4.97. The van der Waals surface area contributed by atoms with Gasteiger partial charge in [0.1, 0.15) is 12.3 Å². The Bertz CT molecular complexity index is 403. The predicted molar refractivity (Wildman–Crippen MR) is 69.3 cm³/mol. The number of nitrogens with two attached hydrogens (primary N) is 1. The lowest BCUT2D eigenvalue weighted by Gasteiger charge is -2.28. The molecule has 1 saturated heterocycles.